The molecule has 0 aromatic heterocycles. The zero-order valence-corrected chi connectivity index (χ0v) is 14.0. The molecule has 126 valence electrons. The van der Waals surface area contributed by atoms with E-state index in [1.807, 2.05) is 18.2 Å². The van der Waals surface area contributed by atoms with E-state index in [1.165, 1.54) is 0 Å². The molecular formula is C15H20NO6P. The van der Waals surface area contributed by atoms with E-state index in [-0.39, 0.29) is 19.8 Å². The molecule has 8 heteroatoms. The molecule has 0 radical (unpaired) electrons. The monoisotopic (exact) mass is 341 g/mol. The van der Waals surface area contributed by atoms with Crippen molar-refractivity contribution in [3.05, 3.63) is 35.9 Å². The maximum absolute atomic E-state index is 12.5. The first-order chi connectivity index (χ1) is 11.0. The molecule has 1 atom stereocenters. The Morgan fingerprint density at radius 3 is 2.43 bits per heavy atom. The molecule has 0 bridgehead atoms. The van der Waals surface area contributed by atoms with E-state index in [0.29, 0.717) is 0 Å². The van der Waals surface area contributed by atoms with Crippen molar-refractivity contribution in [1.82, 2.24) is 4.90 Å². The molecule has 7 nitrogen and oxygen atoms in total. The van der Waals surface area contributed by atoms with Crippen LogP contribution in [0.4, 0.5) is 4.79 Å². The third-order valence-electron chi connectivity index (χ3n) is 3.31. The summed E-state index contributed by atoms with van der Waals surface area (Å²) in [6.45, 7) is 3.69. The number of hydrogen-bond acceptors (Lipinski definition) is 6. The van der Waals surface area contributed by atoms with Gasteiger partial charge in [0.05, 0.1) is 13.2 Å². The lowest BCUT2D eigenvalue weighted by atomic mass is 10.1. The van der Waals surface area contributed by atoms with Crippen molar-refractivity contribution in [2.75, 3.05) is 26.0 Å². The second-order valence-electron chi connectivity index (χ2n) is 4.87. The van der Waals surface area contributed by atoms with Gasteiger partial charge in [-0.15, -0.1) is 0 Å². The molecule has 0 saturated carbocycles. The van der Waals surface area contributed by atoms with Crippen LogP contribution >= 0.6 is 7.60 Å². The smallest absolute Gasteiger partial charge is 0.417 e. The van der Waals surface area contributed by atoms with Gasteiger partial charge in [0.2, 0.25) is 5.91 Å². The zero-order chi connectivity index (χ0) is 16.9. The molecule has 1 aliphatic heterocycles. The molecule has 0 aliphatic carbocycles. The largest absolute Gasteiger partial charge is 0.446 e. The number of rotatable bonds is 7. The number of cyclic esters (lactones) is 1. The Bertz CT molecular complexity index is 595. The fraction of sp³-hybridized carbons (Fsp3) is 0.467. The summed E-state index contributed by atoms with van der Waals surface area (Å²) < 4.78 is 27.7. The Hall–Kier alpha value is -1.69. The minimum absolute atomic E-state index is 0.0716. The number of imide groups is 1. The van der Waals surface area contributed by atoms with Gasteiger partial charge in [-0.1, -0.05) is 30.3 Å². The zero-order valence-electron chi connectivity index (χ0n) is 13.1. The lowest BCUT2D eigenvalue weighted by Gasteiger charge is -2.22. The van der Waals surface area contributed by atoms with Gasteiger partial charge in [0.1, 0.15) is 18.8 Å². The van der Waals surface area contributed by atoms with Crippen LogP contribution in [0.5, 0.6) is 0 Å². The molecule has 1 fully saturated rings. The van der Waals surface area contributed by atoms with E-state index < -0.39 is 31.8 Å². The van der Waals surface area contributed by atoms with Crippen molar-refractivity contribution < 1.29 is 27.9 Å². The third kappa shape index (κ3) is 4.19. The lowest BCUT2D eigenvalue weighted by molar-refractivity contribution is -0.126. The summed E-state index contributed by atoms with van der Waals surface area (Å²) >= 11 is 0. The first kappa shape index (κ1) is 17.7. The van der Waals surface area contributed by atoms with E-state index in [9.17, 15) is 14.2 Å². The van der Waals surface area contributed by atoms with Crippen LogP contribution in [0.25, 0.3) is 0 Å². The van der Waals surface area contributed by atoms with E-state index in [1.54, 1.807) is 26.0 Å². The molecule has 2 amide bonds. The number of nitrogens with zero attached hydrogens (tertiary/aromatic N) is 1. The summed E-state index contributed by atoms with van der Waals surface area (Å²) in [4.78, 5) is 25.4. The Kier molecular flexibility index (Phi) is 5.93. The van der Waals surface area contributed by atoms with E-state index in [2.05, 4.69) is 0 Å². The third-order valence-corrected chi connectivity index (χ3v) is 5.27. The topological polar surface area (TPSA) is 82.1 Å². The Morgan fingerprint density at radius 2 is 1.87 bits per heavy atom. The molecule has 1 aromatic carbocycles. The van der Waals surface area contributed by atoms with Gasteiger partial charge in [0.15, 0.2) is 0 Å². The highest BCUT2D eigenvalue weighted by Gasteiger charge is 2.42. The molecule has 1 heterocycles. The van der Waals surface area contributed by atoms with Gasteiger partial charge >= 0.3 is 13.7 Å². The van der Waals surface area contributed by atoms with Crippen LogP contribution < -0.4 is 0 Å². The lowest BCUT2D eigenvalue weighted by Crippen LogP contribution is -2.36. The molecule has 23 heavy (non-hydrogen) atoms. The number of carbonyl (C=O) groups is 2. The quantitative estimate of drug-likeness (QED) is 0.709. The predicted molar refractivity (Wildman–Crippen MR) is 83.1 cm³/mol. The minimum Gasteiger partial charge on any atom is -0.446 e. The SMILES string of the molecule is CCOP(=O)(CC(=O)N1C(=O)OCC1c1ccccc1)OCC. The van der Waals surface area contributed by atoms with Gasteiger partial charge in [-0.2, -0.15) is 0 Å². The molecule has 0 spiro atoms. The number of hydrogen-bond donors (Lipinski definition) is 0. The number of carbonyl (C=O) groups excluding carboxylic acids is 2. The summed E-state index contributed by atoms with van der Waals surface area (Å²) in [7, 11) is -3.57. The standard InChI is InChI=1S/C15H20NO6P/c1-3-21-23(19,22-4-2)11-14(17)16-13(10-20-15(16)18)12-8-6-5-7-9-12/h5-9,13H,3-4,10-11H2,1-2H3. The van der Waals surface area contributed by atoms with E-state index >= 15 is 0 Å². The highest BCUT2D eigenvalue weighted by molar-refractivity contribution is 7.54. The average molecular weight is 341 g/mol. The second-order valence-corrected chi connectivity index (χ2v) is 6.93. The van der Waals surface area contributed by atoms with Gasteiger partial charge in [-0.05, 0) is 19.4 Å². The second kappa shape index (κ2) is 7.73. The highest BCUT2D eigenvalue weighted by atomic mass is 31.2. The predicted octanol–water partition coefficient (Wildman–Crippen LogP) is 2.97. The van der Waals surface area contributed by atoms with Gasteiger partial charge in [0, 0.05) is 0 Å². The van der Waals surface area contributed by atoms with Crippen molar-refractivity contribution in [2.24, 2.45) is 0 Å². The Labute approximate surface area is 135 Å². The molecule has 1 saturated heterocycles. The number of amides is 2. The summed E-state index contributed by atoms with van der Waals surface area (Å²) in [6, 6.07) is 8.53. The molecule has 2 rings (SSSR count). The van der Waals surface area contributed by atoms with Crippen LogP contribution in [0.1, 0.15) is 25.5 Å². The van der Waals surface area contributed by atoms with Gasteiger partial charge < -0.3 is 13.8 Å². The maximum atomic E-state index is 12.5. The Morgan fingerprint density at radius 1 is 1.26 bits per heavy atom. The van der Waals surface area contributed by atoms with Crippen LogP contribution in [0.3, 0.4) is 0 Å². The summed E-state index contributed by atoms with van der Waals surface area (Å²) in [5.41, 5.74) is 0.773. The van der Waals surface area contributed by atoms with Crippen LogP contribution in [0, 0.1) is 0 Å². The average Bonchev–Trinajstić information content (AvgIpc) is 2.90. The van der Waals surface area contributed by atoms with Gasteiger partial charge in [-0.3, -0.25) is 9.36 Å². The molecule has 1 unspecified atom stereocenters. The minimum atomic E-state index is -3.57. The molecular weight excluding hydrogens is 321 g/mol. The van der Waals surface area contributed by atoms with Gasteiger partial charge in [0.25, 0.3) is 0 Å². The van der Waals surface area contributed by atoms with Crippen molar-refractivity contribution in [2.45, 2.75) is 19.9 Å². The van der Waals surface area contributed by atoms with Crippen molar-refractivity contribution >= 4 is 19.6 Å². The van der Waals surface area contributed by atoms with Crippen molar-refractivity contribution in [1.29, 1.82) is 0 Å². The highest BCUT2D eigenvalue weighted by Crippen LogP contribution is 2.48. The molecule has 0 N–H and O–H groups in total. The molecule has 1 aromatic rings. The van der Waals surface area contributed by atoms with Crippen LogP contribution in [-0.4, -0.2) is 42.9 Å². The fourth-order valence-corrected chi connectivity index (χ4v) is 3.91. The number of ether oxygens (including phenoxy) is 1. The number of benzene rings is 1. The van der Waals surface area contributed by atoms with Crippen molar-refractivity contribution in [3.63, 3.8) is 0 Å². The summed E-state index contributed by atoms with van der Waals surface area (Å²) in [6.07, 6.45) is -1.24. The Balaban J connectivity index is 2.18. The summed E-state index contributed by atoms with van der Waals surface area (Å²) in [5.74, 6) is -0.633. The fourth-order valence-electron chi connectivity index (χ4n) is 2.38. The maximum Gasteiger partial charge on any atom is 0.417 e. The normalized spacial score (nSPS) is 18.1. The van der Waals surface area contributed by atoms with Crippen molar-refractivity contribution in [3.8, 4) is 0 Å². The van der Waals surface area contributed by atoms with E-state index in [4.69, 9.17) is 13.8 Å². The van der Waals surface area contributed by atoms with E-state index in [0.717, 1.165) is 10.5 Å². The first-order valence-electron chi connectivity index (χ1n) is 7.42. The van der Waals surface area contributed by atoms with Crippen LogP contribution in [0.2, 0.25) is 0 Å². The van der Waals surface area contributed by atoms with Crippen LogP contribution in [0.15, 0.2) is 30.3 Å². The molecule has 1 aliphatic rings. The van der Waals surface area contributed by atoms with Gasteiger partial charge in [-0.25, -0.2) is 9.69 Å². The first-order valence-corrected chi connectivity index (χ1v) is 9.15. The van der Waals surface area contributed by atoms with Crippen LogP contribution in [-0.2, 0) is 23.1 Å². The summed E-state index contributed by atoms with van der Waals surface area (Å²) in [5, 5.41) is 0.